The topological polar surface area (TPSA) is 59.6 Å². The fourth-order valence-electron chi connectivity index (χ4n) is 2.59. The number of nitrogens with one attached hydrogen (secondary N) is 2. The Morgan fingerprint density at radius 1 is 1.35 bits per heavy atom. The zero-order valence-electron chi connectivity index (χ0n) is 13.6. The number of esters is 1. The highest BCUT2D eigenvalue weighted by atomic mass is 32.1. The van der Waals surface area contributed by atoms with Gasteiger partial charge < -0.3 is 20.1 Å². The van der Waals surface area contributed by atoms with Crippen LogP contribution in [0.15, 0.2) is 35.5 Å². The summed E-state index contributed by atoms with van der Waals surface area (Å²) < 4.78 is 10.5. The van der Waals surface area contributed by atoms with E-state index in [9.17, 15) is 4.79 Å². The molecule has 23 heavy (non-hydrogen) atoms. The van der Waals surface area contributed by atoms with Crippen LogP contribution in [0.3, 0.4) is 0 Å². The fraction of sp³-hybridized carbons (Fsp3) is 0.412. The second-order valence-corrected chi connectivity index (χ2v) is 5.58. The number of carbonyl (C=O) groups excluding carboxylic acids is 1. The van der Waals surface area contributed by atoms with Crippen molar-refractivity contribution in [2.75, 3.05) is 13.7 Å². The molecule has 1 aromatic rings. The maximum absolute atomic E-state index is 12.5. The molecule has 1 atom stereocenters. The Morgan fingerprint density at radius 3 is 2.78 bits per heavy atom. The number of allylic oxidation sites excluding steroid dienone is 1. The van der Waals surface area contributed by atoms with Gasteiger partial charge >= 0.3 is 5.97 Å². The number of methoxy groups -OCH3 is 1. The van der Waals surface area contributed by atoms with E-state index in [1.54, 1.807) is 14.0 Å². The lowest BCUT2D eigenvalue weighted by atomic mass is 9.94. The minimum absolute atomic E-state index is 0.328. The van der Waals surface area contributed by atoms with Gasteiger partial charge in [0.15, 0.2) is 5.11 Å². The first kappa shape index (κ1) is 17.3. The molecule has 0 fully saturated rings. The largest absolute Gasteiger partial charge is 0.497 e. The highest BCUT2D eigenvalue weighted by Crippen LogP contribution is 2.31. The average Bonchev–Trinajstić information content (AvgIpc) is 2.55. The third-order valence-corrected chi connectivity index (χ3v) is 3.80. The summed E-state index contributed by atoms with van der Waals surface area (Å²) in [6, 6.07) is 7.25. The van der Waals surface area contributed by atoms with E-state index in [1.807, 2.05) is 24.3 Å². The van der Waals surface area contributed by atoms with Crippen molar-refractivity contribution in [1.82, 2.24) is 10.6 Å². The van der Waals surface area contributed by atoms with Gasteiger partial charge in [0.25, 0.3) is 0 Å². The van der Waals surface area contributed by atoms with Gasteiger partial charge in [-0.25, -0.2) is 4.79 Å². The first-order valence-corrected chi connectivity index (χ1v) is 8.13. The van der Waals surface area contributed by atoms with Crippen molar-refractivity contribution < 1.29 is 14.3 Å². The molecule has 0 saturated carbocycles. The minimum atomic E-state index is -0.348. The first-order valence-electron chi connectivity index (χ1n) is 7.72. The summed E-state index contributed by atoms with van der Waals surface area (Å²) in [5.41, 5.74) is 2.31. The zero-order valence-corrected chi connectivity index (χ0v) is 14.5. The molecule has 0 spiro atoms. The van der Waals surface area contributed by atoms with Crippen molar-refractivity contribution in [1.29, 1.82) is 0 Å². The maximum Gasteiger partial charge on any atom is 0.338 e. The molecule has 124 valence electrons. The van der Waals surface area contributed by atoms with Crippen LogP contribution in [0.25, 0.3) is 0 Å². The second kappa shape index (κ2) is 7.97. The van der Waals surface area contributed by atoms with Crippen LogP contribution in [0.5, 0.6) is 5.75 Å². The molecule has 0 aliphatic carbocycles. The van der Waals surface area contributed by atoms with Gasteiger partial charge in [-0.15, -0.1) is 0 Å². The molecule has 1 heterocycles. The van der Waals surface area contributed by atoms with Gasteiger partial charge in [0.05, 0.1) is 25.3 Å². The van der Waals surface area contributed by atoms with Gasteiger partial charge in [0, 0.05) is 5.70 Å². The Morgan fingerprint density at radius 2 is 2.13 bits per heavy atom. The van der Waals surface area contributed by atoms with Crippen molar-refractivity contribution in [2.24, 2.45) is 0 Å². The standard InChI is InChI=1S/C17H22N2O3S/c1-4-7-13-14(16(20)22-5-2)15(19-17(23)18-13)11-8-6-9-12(10-11)21-3/h6,8-10,15H,4-5,7H2,1-3H3,(H2,18,19,23)/t15-/m0/s1. The quantitative estimate of drug-likeness (QED) is 0.616. The zero-order chi connectivity index (χ0) is 16.8. The molecular formula is C17H22N2O3S. The van der Waals surface area contributed by atoms with Gasteiger partial charge in [0.1, 0.15) is 5.75 Å². The summed E-state index contributed by atoms with van der Waals surface area (Å²) in [5, 5.41) is 6.78. The molecule has 5 nitrogen and oxygen atoms in total. The Kier molecular flexibility index (Phi) is 5.98. The van der Waals surface area contributed by atoms with Crippen LogP contribution in [-0.4, -0.2) is 24.8 Å². The molecule has 1 aromatic carbocycles. The van der Waals surface area contributed by atoms with Crippen LogP contribution in [-0.2, 0) is 9.53 Å². The Labute approximate surface area is 142 Å². The number of benzene rings is 1. The molecule has 0 amide bonds. The summed E-state index contributed by atoms with van der Waals surface area (Å²) in [6.45, 7) is 4.19. The van der Waals surface area contributed by atoms with E-state index in [0.717, 1.165) is 29.9 Å². The molecule has 6 heteroatoms. The van der Waals surface area contributed by atoms with Crippen LogP contribution in [0.4, 0.5) is 0 Å². The summed E-state index contributed by atoms with van der Waals surface area (Å²) in [6.07, 6.45) is 1.63. The van der Waals surface area contributed by atoms with Gasteiger partial charge in [-0.05, 0) is 43.3 Å². The minimum Gasteiger partial charge on any atom is -0.497 e. The Bertz CT molecular complexity index is 628. The maximum atomic E-state index is 12.5. The molecule has 0 aromatic heterocycles. The summed E-state index contributed by atoms with van der Waals surface area (Å²) in [7, 11) is 1.62. The van der Waals surface area contributed by atoms with Gasteiger partial charge in [-0.3, -0.25) is 0 Å². The molecule has 2 N–H and O–H groups in total. The van der Waals surface area contributed by atoms with Crippen molar-refractivity contribution in [3.05, 3.63) is 41.1 Å². The molecular weight excluding hydrogens is 312 g/mol. The smallest absolute Gasteiger partial charge is 0.338 e. The fourth-order valence-corrected chi connectivity index (χ4v) is 2.83. The Hall–Kier alpha value is -2.08. The summed E-state index contributed by atoms with van der Waals surface area (Å²) >= 11 is 5.30. The monoisotopic (exact) mass is 334 g/mol. The second-order valence-electron chi connectivity index (χ2n) is 5.17. The third-order valence-electron chi connectivity index (χ3n) is 3.58. The van der Waals surface area contributed by atoms with Crippen LogP contribution in [0.1, 0.15) is 38.3 Å². The normalized spacial score (nSPS) is 17.3. The van der Waals surface area contributed by atoms with E-state index in [4.69, 9.17) is 21.7 Å². The molecule has 0 bridgehead atoms. The number of hydrogen-bond donors (Lipinski definition) is 2. The summed E-state index contributed by atoms with van der Waals surface area (Å²) in [5.74, 6) is 0.403. The van der Waals surface area contributed by atoms with E-state index >= 15 is 0 Å². The molecule has 0 radical (unpaired) electrons. The molecule has 1 aliphatic heterocycles. The lowest BCUT2D eigenvalue weighted by Gasteiger charge is -2.31. The molecule has 0 unspecified atom stereocenters. The lowest BCUT2D eigenvalue weighted by molar-refractivity contribution is -0.139. The summed E-state index contributed by atoms with van der Waals surface area (Å²) in [4.78, 5) is 12.5. The lowest BCUT2D eigenvalue weighted by Crippen LogP contribution is -2.45. The number of hydrogen-bond acceptors (Lipinski definition) is 4. The van der Waals surface area contributed by atoms with Crippen molar-refractivity contribution >= 4 is 23.3 Å². The SMILES string of the molecule is CCCC1=C(C(=O)OCC)[C@H](c2cccc(OC)c2)NC(=S)N1. The van der Waals surface area contributed by atoms with E-state index in [0.29, 0.717) is 17.3 Å². The van der Waals surface area contributed by atoms with Crippen LogP contribution >= 0.6 is 12.2 Å². The average molecular weight is 334 g/mol. The highest BCUT2D eigenvalue weighted by molar-refractivity contribution is 7.80. The van der Waals surface area contributed by atoms with Gasteiger partial charge in [0.2, 0.25) is 0 Å². The van der Waals surface area contributed by atoms with Gasteiger partial charge in [-0.2, -0.15) is 0 Å². The van der Waals surface area contributed by atoms with Crippen LogP contribution in [0, 0.1) is 0 Å². The van der Waals surface area contributed by atoms with Gasteiger partial charge in [-0.1, -0.05) is 25.5 Å². The molecule has 2 rings (SSSR count). The van der Waals surface area contributed by atoms with E-state index in [2.05, 4.69) is 17.6 Å². The van der Waals surface area contributed by atoms with Crippen molar-refractivity contribution in [3.63, 3.8) is 0 Å². The molecule has 0 saturated heterocycles. The van der Waals surface area contributed by atoms with Crippen LogP contribution < -0.4 is 15.4 Å². The van der Waals surface area contributed by atoms with E-state index < -0.39 is 0 Å². The molecule has 1 aliphatic rings. The number of rotatable bonds is 6. The van der Waals surface area contributed by atoms with Crippen molar-refractivity contribution in [3.8, 4) is 5.75 Å². The van der Waals surface area contributed by atoms with E-state index in [1.165, 1.54) is 0 Å². The van der Waals surface area contributed by atoms with Crippen LogP contribution in [0.2, 0.25) is 0 Å². The Balaban J connectivity index is 2.49. The highest BCUT2D eigenvalue weighted by Gasteiger charge is 2.32. The number of carbonyl (C=O) groups is 1. The number of ether oxygens (including phenoxy) is 2. The van der Waals surface area contributed by atoms with Crippen molar-refractivity contribution in [2.45, 2.75) is 32.7 Å². The number of thiocarbonyl (C=S) groups is 1. The van der Waals surface area contributed by atoms with E-state index in [-0.39, 0.29) is 12.0 Å². The third kappa shape index (κ3) is 4.01. The predicted octanol–water partition coefficient (Wildman–Crippen LogP) is 2.83. The first-order chi connectivity index (χ1) is 11.1. The predicted molar refractivity (Wildman–Crippen MR) is 93.2 cm³/mol.